The lowest BCUT2D eigenvalue weighted by Gasteiger charge is -2.32. The van der Waals surface area contributed by atoms with Crippen LogP contribution in [0.3, 0.4) is 0 Å². The maximum Gasteiger partial charge on any atom is 0.390 e. The summed E-state index contributed by atoms with van der Waals surface area (Å²) in [5, 5.41) is 13.6. The van der Waals surface area contributed by atoms with Gasteiger partial charge in [-0.2, -0.15) is 18.2 Å². The van der Waals surface area contributed by atoms with Crippen LogP contribution < -0.4 is 5.32 Å². The fourth-order valence-corrected chi connectivity index (χ4v) is 5.33. The van der Waals surface area contributed by atoms with Gasteiger partial charge in [0.15, 0.2) is 0 Å². The van der Waals surface area contributed by atoms with Crippen molar-refractivity contribution in [2.45, 2.75) is 57.0 Å². The Morgan fingerprint density at radius 2 is 1.73 bits per heavy atom. The Morgan fingerprint density at radius 3 is 2.41 bits per heavy atom. The van der Waals surface area contributed by atoms with E-state index in [4.69, 9.17) is 0 Å². The lowest BCUT2D eigenvalue weighted by atomic mass is 9.93. The summed E-state index contributed by atoms with van der Waals surface area (Å²) in [6, 6.07) is 8.77. The standard InChI is InChI=1S/C27H35F3N6O/c1-34-12-14-35(15-13-34)17-19-2-4-20(5-3-19)24-18-36(21-6-8-22(37)9-7-21)25-23(24)16-32-26(33-25)31-11-10-27(28,29)30/h2-5,16,18,21-22,37H,6-15,17H2,1H3,(H,31,32,33)/t21-,22-. The van der Waals surface area contributed by atoms with Crippen LogP contribution in [0.5, 0.6) is 0 Å². The molecule has 1 aliphatic heterocycles. The summed E-state index contributed by atoms with van der Waals surface area (Å²) in [6.45, 7) is 4.96. The average Bonchev–Trinajstić information content (AvgIpc) is 3.24. The first-order chi connectivity index (χ1) is 17.7. The van der Waals surface area contributed by atoms with Crippen LogP contribution in [0.1, 0.15) is 43.7 Å². The number of hydrogen-bond acceptors (Lipinski definition) is 6. The molecular formula is C27H35F3N6O. The highest BCUT2D eigenvalue weighted by Gasteiger charge is 2.27. The minimum absolute atomic E-state index is 0.175. The molecule has 2 aliphatic rings. The van der Waals surface area contributed by atoms with Crippen molar-refractivity contribution in [2.75, 3.05) is 45.1 Å². The molecule has 0 spiro atoms. The number of alkyl halides is 3. The third kappa shape index (κ3) is 6.42. The van der Waals surface area contributed by atoms with E-state index < -0.39 is 12.6 Å². The van der Waals surface area contributed by atoms with Crippen LogP contribution in [0.2, 0.25) is 0 Å². The predicted octanol–water partition coefficient (Wildman–Crippen LogP) is 4.69. The number of aliphatic hydroxyl groups is 1. The monoisotopic (exact) mass is 516 g/mol. The summed E-state index contributed by atoms with van der Waals surface area (Å²) in [5.41, 5.74) is 4.05. The van der Waals surface area contributed by atoms with Crippen molar-refractivity contribution in [2.24, 2.45) is 0 Å². The van der Waals surface area contributed by atoms with Crippen LogP contribution in [0, 0.1) is 0 Å². The molecule has 2 fully saturated rings. The van der Waals surface area contributed by atoms with Gasteiger partial charge in [-0.05, 0) is 43.9 Å². The van der Waals surface area contributed by atoms with E-state index in [9.17, 15) is 18.3 Å². The molecule has 0 amide bonds. The lowest BCUT2D eigenvalue weighted by molar-refractivity contribution is -0.131. The molecule has 2 aromatic heterocycles. The minimum Gasteiger partial charge on any atom is -0.393 e. The Morgan fingerprint density at radius 1 is 1.03 bits per heavy atom. The molecule has 0 bridgehead atoms. The molecule has 37 heavy (non-hydrogen) atoms. The van der Waals surface area contributed by atoms with E-state index in [1.807, 2.05) is 0 Å². The van der Waals surface area contributed by atoms with Gasteiger partial charge in [-0.15, -0.1) is 0 Å². The number of halogens is 3. The first kappa shape index (κ1) is 25.9. The molecule has 1 aliphatic carbocycles. The summed E-state index contributed by atoms with van der Waals surface area (Å²) in [4.78, 5) is 13.8. The average molecular weight is 517 g/mol. The van der Waals surface area contributed by atoms with Gasteiger partial charge in [0.25, 0.3) is 0 Å². The second-order valence-corrected chi connectivity index (χ2v) is 10.4. The molecule has 7 nitrogen and oxygen atoms in total. The van der Waals surface area contributed by atoms with Gasteiger partial charge in [0.05, 0.1) is 12.5 Å². The summed E-state index contributed by atoms with van der Waals surface area (Å²) < 4.78 is 39.9. The number of piperazine rings is 1. The largest absolute Gasteiger partial charge is 0.393 e. The van der Waals surface area contributed by atoms with Gasteiger partial charge in [0, 0.05) is 68.7 Å². The van der Waals surface area contributed by atoms with Crippen LogP contribution in [0.25, 0.3) is 22.2 Å². The second kappa shape index (κ2) is 11.0. The molecular weight excluding hydrogens is 481 g/mol. The number of nitrogens with zero attached hydrogens (tertiary/aromatic N) is 5. The highest BCUT2D eigenvalue weighted by atomic mass is 19.4. The van der Waals surface area contributed by atoms with Gasteiger partial charge < -0.3 is 19.9 Å². The van der Waals surface area contributed by atoms with Gasteiger partial charge in [0.2, 0.25) is 5.95 Å². The van der Waals surface area contributed by atoms with E-state index in [1.54, 1.807) is 6.20 Å². The molecule has 5 rings (SSSR count). The van der Waals surface area contributed by atoms with Gasteiger partial charge in [-0.25, -0.2) is 4.98 Å². The molecule has 3 aromatic rings. The Bertz CT molecular complexity index is 1180. The van der Waals surface area contributed by atoms with Crippen molar-refractivity contribution < 1.29 is 18.3 Å². The molecule has 10 heteroatoms. The van der Waals surface area contributed by atoms with Gasteiger partial charge in [-0.1, -0.05) is 24.3 Å². The summed E-state index contributed by atoms with van der Waals surface area (Å²) in [7, 11) is 2.16. The summed E-state index contributed by atoms with van der Waals surface area (Å²) >= 11 is 0. The zero-order chi connectivity index (χ0) is 26.0. The number of fused-ring (bicyclic) bond motifs is 1. The highest BCUT2D eigenvalue weighted by molar-refractivity contribution is 5.94. The molecule has 2 N–H and O–H groups in total. The predicted molar refractivity (Wildman–Crippen MR) is 138 cm³/mol. The fraction of sp³-hybridized carbons (Fsp3) is 0.556. The van der Waals surface area contributed by atoms with Crippen molar-refractivity contribution >= 4 is 17.0 Å². The first-order valence-electron chi connectivity index (χ1n) is 13.1. The molecule has 3 heterocycles. The highest BCUT2D eigenvalue weighted by Crippen LogP contribution is 2.37. The zero-order valence-corrected chi connectivity index (χ0v) is 21.2. The number of hydrogen-bond donors (Lipinski definition) is 2. The lowest BCUT2D eigenvalue weighted by Crippen LogP contribution is -2.43. The van der Waals surface area contributed by atoms with E-state index >= 15 is 0 Å². The Kier molecular flexibility index (Phi) is 7.69. The third-order valence-corrected chi connectivity index (χ3v) is 7.59. The van der Waals surface area contributed by atoms with Crippen molar-refractivity contribution in [1.29, 1.82) is 0 Å². The molecule has 0 radical (unpaired) electrons. The molecule has 1 saturated carbocycles. The number of aliphatic hydroxyl groups excluding tert-OH is 1. The summed E-state index contributed by atoms with van der Waals surface area (Å²) in [5.74, 6) is 0.195. The van der Waals surface area contributed by atoms with Gasteiger partial charge in [-0.3, -0.25) is 4.90 Å². The first-order valence-corrected chi connectivity index (χ1v) is 13.1. The minimum atomic E-state index is -4.23. The maximum atomic E-state index is 12.6. The van der Waals surface area contributed by atoms with Gasteiger partial charge >= 0.3 is 6.18 Å². The number of anilines is 1. The van der Waals surface area contributed by atoms with Crippen LogP contribution in [0.4, 0.5) is 19.1 Å². The zero-order valence-electron chi connectivity index (χ0n) is 21.2. The molecule has 0 unspecified atom stereocenters. The van der Waals surface area contributed by atoms with E-state index in [0.29, 0.717) is 5.65 Å². The second-order valence-electron chi connectivity index (χ2n) is 10.4. The van der Waals surface area contributed by atoms with Crippen LogP contribution in [-0.4, -0.2) is 81.5 Å². The number of benzene rings is 1. The Hall–Kier alpha value is -2.69. The van der Waals surface area contributed by atoms with E-state index in [-0.39, 0.29) is 24.6 Å². The SMILES string of the molecule is CN1CCN(Cc2ccc(-c3cn([C@H]4CC[C@H](O)CC4)c4nc(NCCC(F)(F)F)ncc34)cc2)CC1. The van der Waals surface area contributed by atoms with E-state index in [2.05, 4.69) is 67.2 Å². The van der Waals surface area contributed by atoms with Crippen LogP contribution in [-0.2, 0) is 6.54 Å². The quantitative estimate of drug-likeness (QED) is 0.475. The van der Waals surface area contributed by atoms with Crippen LogP contribution >= 0.6 is 0 Å². The van der Waals surface area contributed by atoms with Crippen molar-refractivity contribution in [3.8, 4) is 11.1 Å². The molecule has 0 atom stereocenters. The topological polar surface area (TPSA) is 69.5 Å². The molecule has 200 valence electrons. The number of aromatic nitrogens is 3. The van der Waals surface area contributed by atoms with Gasteiger partial charge in [0.1, 0.15) is 5.65 Å². The van der Waals surface area contributed by atoms with Crippen molar-refractivity contribution in [1.82, 2.24) is 24.3 Å². The summed E-state index contributed by atoms with van der Waals surface area (Å²) in [6.07, 6.45) is 1.46. The Labute approximate surface area is 215 Å². The number of rotatable bonds is 7. The molecule has 1 saturated heterocycles. The maximum absolute atomic E-state index is 12.6. The fourth-order valence-electron chi connectivity index (χ4n) is 5.33. The van der Waals surface area contributed by atoms with Crippen molar-refractivity contribution in [3.63, 3.8) is 0 Å². The smallest absolute Gasteiger partial charge is 0.390 e. The van der Waals surface area contributed by atoms with Crippen LogP contribution in [0.15, 0.2) is 36.7 Å². The number of nitrogens with one attached hydrogen (secondary N) is 1. The van der Waals surface area contributed by atoms with Crippen molar-refractivity contribution in [3.05, 3.63) is 42.2 Å². The normalized spacial score (nSPS) is 22.0. The third-order valence-electron chi connectivity index (χ3n) is 7.59. The number of likely N-dealkylation sites (N-methyl/N-ethyl adjacent to an activating group) is 1. The van der Waals surface area contributed by atoms with E-state index in [1.165, 1.54) is 5.56 Å². The van der Waals surface area contributed by atoms with E-state index in [0.717, 1.165) is 74.9 Å². The Balaban J connectivity index is 1.40. The molecule has 1 aromatic carbocycles.